The van der Waals surface area contributed by atoms with Crippen LogP contribution >= 0.6 is 12.4 Å². The molecule has 0 saturated carbocycles. The molecule has 1 atom stereocenters. The number of carbonyl (C=O) groups is 1. The number of hydrogen-bond donors (Lipinski definition) is 3. The predicted octanol–water partition coefficient (Wildman–Crippen LogP) is 2.31. The van der Waals surface area contributed by atoms with E-state index in [2.05, 4.69) is 15.4 Å². The van der Waals surface area contributed by atoms with Crippen molar-refractivity contribution in [3.05, 3.63) is 48.4 Å². The van der Waals surface area contributed by atoms with Crippen LogP contribution in [0.2, 0.25) is 0 Å². The number of nitrogens with zero attached hydrogens (tertiary/aromatic N) is 2. The van der Waals surface area contributed by atoms with Crippen molar-refractivity contribution in [3.8, 4) is 0 Å². The number of halogens is 1. The van der Waals surface area contributed by atoms with Gasteiger partial charge in [0.05, 0.1) is 17.9 Å². The maximum atomic E-state index is 12.2. The zero-order valence-electron chi connectivity index (χ0n) is 12.8. The van der Waals surface area contributed by atoms with Crippen LogP contribution in [0, 0.1) is 0 Å². The minimum Gasteiger partial charge on any atom is -0.361 e. The van der Waals surface area contributed by atoms with E-state index >= 15 is 0 Å². The van der Waals surface area contributed by atoms with Gasteiger partial charge in [0, 0.05) is 29.8 Å². The Hall–Kier alpha value is -2.31. The molecule has 122 valence electrons. The fourth-order valence-corrected chi connectivity index (χ4v) is 2.47. The lowest BCUT2D eigenvalue weighted by atomic mass is 10.1. The Morgan fingerprint density at radius 2 is 2.22 bits per heavy atom. The van der Waals surface area contributed by atoms with Crippen molar-refractivity contribution in [2.75, 3.05) is 5.32 Å². The Balaban J connectivity index is 0.00000192. The molecular weight excluding hydrogens is 314 g/mol. The molecule has 0 aliphatic rings. The zero-order chi connectivity index (χ0) is 15.5. The normalized spacial score (nSPS) is 11.9. The maximum absolute atomic E-state index is 12.2. The Kier molecular flexibility index (Phi) is 5.41. The van der Waals surface area contributed by atoms with Crippen LogP contribution in [0.1, 0.15) is 12.5 Å². The van der Waals surface area contributed by atoms with Gasteiger partial charge in [0.15, 0.2) is 0 Å². The second kappa shape index (κ2) is 7.30. The van der Waals surface area contributed by atoms with Gasteiger partial charge < -0.3 is 16.0 Å². The third kappa shape index (κ3) is 3.72. The van der Waals surface area contributed by atoms with Gasteiger partial charge in [-0.2, -0.15) is 5.10 Å². The summed E-state index contributed by atoms with van der Waals surface area (Å²) in [5, 5.41) is 8.02. The van der Waals surface area contributed by atoms with Gasteiger partial charge in [0.1, 0.15) is 0 Å². The Bertz CT molecular complexity index is 794. The molecule has 0 fully saturated rings. The molecule has 6 nitrogen and oxygen atoms in total. The monoisotopic (exact) mass is 333 g/mol. The van der Waals surface area contributed by atoms with Gasteiger partial charge in [-0.1, -0.05) is 18.2 Å². The van der Waals surface area contributed by atoms with E-state index in [1.807, 2.05) is 37.4 Å². The number of nitrogens with two attached hydrogens (primary N) is 1. The molecule has 1 aromatic carbocycles. The summed E-state index contributed by atoms with van der Waals surface area (Å²) in [4.78, 5) is 15.4. The first kappa shape index (κ1) is 17.1. The first-order chi connectivity index (χ1) is 10.7. The van der Waals surface area contributed by atoms with E-state index in [-0.39, 0.29) is 18.3 Å². The minimum absolute atomic E-state index is 0. The minimum atomic E-state index is -0.607. The van der Waals surface area contributed by atoms with E-state index in [0.717, 1.165) is 23.0 Å². The second-order valence-corrected chi connectivity index (χ2v) is 5.24. The molecule has 0 radical (unpaired) electrons. The van der Waals surface area contributed by atoms with Crippen LogP contribution in [0.25, 0.3) is 10.9 Å². The fourth-order valence-electron chi connectivity index (χ4n) is 2.47. The Morgan fingerprint density at radius 3 is 2.96 bits per heavy atom. The molecule has 4 N–H and O–H groups in total. The number of H-pyrrole nitrogens is 1. The van der Waals surface area contributed by atoms with E-state index in [1.54, 1.807) is 17.1 Å². The maximum Gasteiger partial charge on any atom is 0.241 e. The van der Waals surface area contributed by atoms with Crippen LogP contribution in [-0.2, 0) is 17.8 Å². The van der Waals surface area contributed by atoms with Crippen LogP contribution in [0.15, 0.2) is 42.9 Å². The topological polar surface area (TPSA) is 88.7 Å². The number of anilines is 1. The number of aryl methyl sites for hydroxylation is 1. The summed E-state index contributed by atoms with van der Waals surface area (Å²) >= 11 is 0. The lowest BCUT2D eigenvalue weighted by molar-refractivity contribution is -0.117. The first-order valence-electron chi connectivity index (χ1n) is 7.31. The highest BCUT2D eigenvalue weighted by Gasteiger charge is 2.16. The largest absolute Gasteiger partial charge is 0.361 e. The molecule has 1 amide bonds. The number of nitrogens with one attached hydrogen (secondary N) is 2. The van der Waals surface area contributed by atoms with Gasteiger partial charge >= 0.3 is 0 Å². The fraction of sp³-hybridized carbons (Fsp3) is 0.250. The SMILES string of the molecule is CCn1cc(NC(=O)[C@@H](N)Cc2c[nH]c3ccccc23)cn1.Cl. The molecule has 0 unspecified atom stereocenters. The number of hydrogen-bond acceptors (Lipinski definition) is 3. The number of carbonyl (C=O) groups excluding carboxylic acids is 1. The van der Waals surface area contributed by atoms with Crippen molar-refractivity contribution < 1.29 is 4.79 Å². The smallest absolute Gasteiger partial charge is 0.241 e. The summed E-state index contributed by atoms with van der Waals surface area (Å²) in [6.07, 6.45) is 5.81. The molecule has 2 aromatic heterocycles. The molecule has 0 saturated heterocycles. The van der Waals surface area contributed by atoms with Crippen molar-refractivity contribution in [2.45, 2.75) is 25.9 Å². The molecule has 0 aliphatic carbocycles. The summed E-state index contributed by atoms with van der Waals surface area (Å²) in [5.41, 5.74) is 8.80. The summed E-state index contributed by atoms with van der Waals surface area (Å²) in [6.45, 7) is 2.75. The molecule has 7 heteroatoms. The third-order valence-electron chi connectivity index (χ3n) is 3.68. The predicted molar refractivity (Wildman–Crippen MR) is 93.8 cm³/mol. The summed E-state index contributed by atoms with van der Waals surface area (Å²) in [6, 6.07) is 7.37. The van der Waals surface area contributed by atoms with Crippen molar-refractivity contribution in [1.29, 1.82) is 0 Å². The van der Waals surface area contributed by atoms with Crippen molar-refractivity contribution in [3.63, 3.8) is 0 Å². The van der Waals surface area contributed by atoms with Crippen LogP contribution in [0.5, 0.6) is 0 Å². The molecule has 23 heavy (non-hydrogen) atoms. The molecular formula is C16H20ClN5O. The van der Waals surface area contributed by atoms with E-state index in [4.69, 9.17) is 5.73 Å². The average molecular weight is 334 g/mol. The van der Waals surface area contributed by atoms with Crippen LogP contribution in [0.3, 0.4) is 0 Å². The highest BCUT2D eigenvalue weighted by atomic mass is 35.5. The highest BCUT2D eigenvalue weighted by molar-refractivity contribution is 5.95. The molecule has 2 heterocycles. The van der Waals surface area contributed by atoms with E-state index in [9.17, 15) is 4.79 Å². The van der Waals surface area contributed by atoms with Gasteiger partial charge in [-0.05, 0) is 25.0 Å². The average Bonchev–Trinajstić information content (AvgIpc) is 3.14. The second-order valence-electron chi connectivity index (χ2n) is 5.24. The van der Waals surface area contributed by atoms with Gasteiger partial charge in [0.25, 0.3) is 0 Å². The van der Waals surface area contributed by atoms with Crippen molar-refractivity contribution in [1.82, 2.24) is 14.8 Å². The highest BCUT2D eigenvalue weighted by Crippen LogP contribution is 2.19. The number of rotatable bonds is 5. The van der Waals surface area contributed by atoms with Crippen LogP contribution < -0.4 is 11.1 Å². The number of aromatic nitrogens is 3. The van der Waals surface area contributed by atoms with Crippen molar-refractivity contribution in [2.24, 2.45) is 5.73 Å². The zero-order valence-corrected chi connectivity index (χ0v) is 13.6. The molecule has 0 bridgehead atoms. The first-order valence-corrected chi connectivity index (χ1v) is 7.31. The van der Waals surface area contributed by atoms with Gasteiger partial charge in [-0.25, -0.2) is 0 Å². The number of para-hydroxylation sites is 1. The van der Waals surface area contributed by atoms with Crippen molar-refractivity contribution >= 4 is 34.9 Å². The molecule has 3 rings (SSSR count). The summed E-state index contributed by atoms with van der Waals surface area (Å²) < 4.78 is 1.75. The van der Waals surface area contributed by atoms with Crippen LogP contribution in [0.4, 0.5) is 5.69 Å². The lowest BCUT2D eigenvalue weighted by Gasteiger charge is -2.10. The van der Waals surface area contributed by atoms with E-state index in [0.29, 0.717) is 12.1 Å². The summed E-state index contributed by atoms with van der Waals surface area (Å²) in [5.74, 6) is -0.207. The molecule has 0 spiro atoms. The Morgan fingerprint density at radius 1 is 1.43 bits per heavy atom. The number of aromatic amines is 1. The van der Waals surface area contributed by atoms with Crippen LogP contribution in [-0.4, -0.2) is 26.7 Å². The number of fused-ring (bicyclic) bond motifs is 1. The standard InChI is InChI=1S/C16H19N5O.ClH/c1-2-21-10-12(9-19-21)20-16(22)14(17)7-11-8-18-15-6-4-3-5-13(11)15;/h3-6,8-10,14,18H,2,7,17H2,1H3,(H,20,22);1H/t14-;/m0./s1. The van der Waals surface area contributed by atoms with Gasteiger partial charge in [0.2, 0.25) is 5.91 Å². The third-order valence-corrected chi connectivity index (χ3v) is 3.68. The number of amides is 1. The number of benzene rings is 1. The molecule has 0 aliphatic heterocycles. The van der Waals surface area contributed by atoms with Gasteiger partial charge in [-0.15, -0.1) is 12.4 Å². The molecule has 3 aromatic rings. The quantitative estimate of drug-likeness (QED) is 0.669. The lowest BCUT2D eigenvalue weighted by Crippen LogP contribution is -2.37. The van der Waals surface area contributed by atoms with Gasteiger partial charge in [-0.3, -0.25) is 9.48 Å². The van der Waals surface area contributed by atoms with E-state index in [1.165, 1.54) is 0 Å². The Labute approximate surface area is 140 Å². The van der Waals surface area contributed by atoms with E-state index < -0.39 is 6.04 Å². The summed E-state index contributed by atoms with van der Waals surface area (Å²) in [7, 11) is 0.